The first kappa shape index (κ1) is 22.8. The van der Waals surface area contributed by atoms with Crippen LogP contribution in [0.25, 0.3) is 22.4 Å². The Morgan fingerprint density at radius 2 is 1.91 bits per heavy atom. The molecule has 0 radical (unpaired) electrons. The van der Waals surface area contributed by atoms with Crippen molar-refractivity contribution in [3.8, 4) is 11.4 Å². The van der Waals surface area contributed by atoms with Crippen LogP contribution >= 0.6 is 0 Å². The Morgan fingerprint density at radius 1 is 1.11 bits per heavy atom. The van der Waals surface area contributed by atoms with Crippen LogP contribution in [0.3, 0.4) is 0 Å². The lowest BCUT2D eigenvalue weighted by atomic mass is 10.1. The summed E-state index contributed by atoms with van der Waals surface area (Å²) in [6, 6.07) is 8.87. The highest BCUT2D eigenvalue weighted by molar-refractivity contribution is 6.12. The van der Waals surface area contributed by atoms with Gasteiger partial charge in [0.05, 0.1) is 41.7 Å². The molecule has 0 aliphatic carbocycles. The van der Waals surface area contributed by atoms with Crippen LogP contribution in [0.15, 0.2) is 54.9 Å². The molecule has 7 nitrogen and oxygen atoms in total. The minimum Gasteiger partial charge on any atom is -0.378 e. The van der Waals surface area contributed by atoms with Gasteiger partial charge in [-0.2, -0.15) is 13.2 Å². The second-order valence-electron chi connectivity index (χ2n) is 7.96. The van der Waals surface area contributed by atoms with Crippen LogP contribution in [0.4, 0.5) is 28.9 Å². The number of morpholine rings is 1. The van der Waals surface area contributed by atoms with E-state index in [1.807, 2.05) is 4.90 Å². The molecule has 11 heteroatoms. The standard InChI is InChI=1S/C24H19F4N5O2/c25-14-3-4-19(24(26,27)28)17(10-14)22-31-20-12-16(33-6-8-35-9-7-33)11-18(21(20)32-22)23(34)30-15-2-1-5-29-13-15/h1-5,10-13H,6-9H2,(H,30,34)(H,31,32). The van der Waals surface area contributed by atoms with Crippen molar-refractivity contribution in [1.82, 2.24) is 15.0 Å². The molecule has 0 atom stereocenters. The number of carbonyl (C=O) groups is 1. The lowest BCUT2D eigenvalue weighted by Gasteiger charge is -2.29. The quantitative estimate of drug-likeness (QED) is 0.403. The first-order valence-electron chi connectivity index (χ1n) is 10.7. The molecule has 1 fully saturated rings. The van der Waals surface area contributed by atoms with Crippen LogP contribution in [-0.4, -0.2) is 47.2 Å². The number of hydrogen-bond acceptors (Lipinski definition) is 5. The summed E-state index contributed by atoms with van der Waals surface area (Å²) in [5.74, 6) is -1.54. The number of fused-ring (bicyclic) bond motifs is 1. The number of aromatic nitrogens is 3. The fourth-order valence-corrected chi connectivity index (χ4v) is 4.00. The molecular weight excluding hydrogens is 466 g/mol. The monoisotopic (exact) mass is 485 g/mol. The van der Waals surface area contributed by atoms with Crippen LogP contribution in [0.5, 0.6) is 0 Å². The molecule has 1 amide bonds. The summed E-state index contributed by atoms with van der Waals surface area (Å²) in [6.07, 6.45) is -1.69. The van der Waals surface area contributed by atoms with E-state index in [1.165, 1.54) is 6.20 Å². The number of nitrogens with zero attached hydrogens (tertiary/aromatic N) is 3. The Kier molecular flexibility index (Phi) is 5.85. The molecule has 0 bridgehead atoms. The lowest BCUT2D eigenvalue weighted by Crippen LogP contribution is -2.36. The summed E-state index contributed by atoms with van der Waals surface area (Å²) in [4.78, 5) is 26.4. The smallest absolute Gasteiger partial charge is 0.378 e. The average molecular weight is 485 g/mol. The van der Waals surface area contributed by atoms with Gasteiger partial charge in [0.25, 0.3) is 5.91 Å². The zero-order valence-corrected chi connectivity index (χ0v) is 18.2. The number of amides is 1. The number of anilines is 2. The summed E-state index contributed by atoms with van der Waals surface area (Å²) in [5.41, 5.74) is 0.312. The number of carbonyl (C=O) groups excluding carboxylic acids is 1. The van der Waals surface area contributed by atoms with Crippen molar-refractivity contribution in [2.24, 2.45) is 0 Å². The molecule has 1 aliphatic rings. The van der Waals surface area contributed by atoms with Crippen molar-refractivity contribution in [1.29, 1.82) is 0 Å². The molecule has 1 saturated heterocycles. The molecule has 3 heterocycles. The van der Waals surface area contributed by atoms with E-state index in [0.29, 0.717) is 49.3 Å². The van der Waals surface area contributed by atoms with Crippen molar-refractivity contribution in [2.75, 3.05) is 36.5 Å². The predicted molar refractivity (Wildman–Crippen MR) is 122 cm³/mol. The number of nitrogens with one attached hydrogen (secondary N) is 2. The lowest BCUT2D eigenvalue weighted by molar-refractivity contribution is -0.137. The third kappa shape index (κ3) is 4.67. The number of imidazole rings is 1. The van der Waals surface area contributed by atoms with E-state index >= 15 is 0 Å². The summed E-state index contributed by atoms with van der Waals surface area (Å²) in [6.45, 7) is 2.17. The van der Waals surface area contributed by atoms with Gasteiger partial charge >= 0.3 is 6.18 Å². The molecule has 5 rings (SSSR count). The zero-order valence-electron chi connectivity index (χ0n) is 18.2. The van der Waals surface area contributed by atoms with E-state index in [1.54, 1.807) is 30.5 Å². The van der Waals surface area contributed by atoms with Crippen molar-refractivity contribution >= 4 is 28.3 Å². The summed E-state index contributed by atoms with van der Waals surface area (Å²) < 4.78 is 60.2. The second kappa shape index (κ2) is 8.99. The van der Waals surface area contributed by atoms with Gasteiger partial charge in [-0.25, -0.2) is 9.37 Å². The molecule has 2 N–H and O–H groups in total. The molecule has 0 unspecified atom stereocenters. The van der Waals surface area contributed by atoms with Crippen molar-refractivity contribution in [3.05, 3.63) is 71.8 Å². The number of H-pyrrole nitrogens is 1. The summed E-state index contributed by atoms with van der Waals surface area (Å²) in [7, 11) is 0. The Morgan fingerprint density at radius 3 is 2.63 bits per heavy atom. The van der Waals surface area contributed by atoms with E-state index in [4.69, 9.17) is 4.74 Å². The number of benzene rings is 2. The summed E-state index contributed by atoms with van der Waals surface area (Å²) >= 11 is 0. The number of ether oxygens (including phenoxy) is 1. The van der Waals surface area contributed by atoms with E-state index in [-0.39, 0.29) is 16.9 Å². The van der Waals surface area contributed by atoms with Gasteiger partial charge in [0.1, 0.15) is 17.2 Å². The van der Waals surface area contributed by atoms with Gasteiger partial charge in [-0.05, 0) is 42.5 Å². The van der Waals surface area contributed by atoms with Crippen LogP contribution in [0.1, 0.15) is 15.9 Å². The highest BCUT2D eigenvalue weighted by Crippen LogP contribution is 2.38. The Labute approximate surface area is 196 Å². The molecule has 0 spiro atoms. The first-order valence-corrected chi connectivity index (χ1v) is 10.7. The van der Waals surface area contributed by atoms with Crippen molar-refractivity contribution in [3.63, 3.8) is 0 Å². The van der Waals surface area contributed by atoms with Gasteiger partial charge < -0.3 is 19.9 Å². The molecule has 1 aliphatic heterocycles. The van der Waals surface area contributed by atoms with Gasteiger partial charge in [-0.3, -0.25) is 9.78 Å². The van der Waals surface area contributed by atoms with Gasteiger partial charge in [0, 0.05) is 30.5 Å². The van der Waals surface area contributed by atoms with Crippen molar-refractivity contribution < 1.29 is 27.1 Å². The molecule has 2 aromatic carbocycles. The fourth-order valence-electron chi connectivity index (χ4n) is 4.00. The predicted octanol–water partition coefficient (Wildman–Crippen LogP) is 4.87. The number of hydrogen-bond donors (Lipinski definition) is 2. The van der Waals surface area contributed by atoms with Gasteiger partial charge in [-0.15, -0.1) is 0 Å². The SMILES string of the molecule is O=C(Nc1cccnc1)c1cc(N2CCOCC2)cc2[nH]c(-c3cc(F)ccc3C(F)(F)F)nc12. The minimum atomic E-state index is -4.72. The maximum absolute atomic E-state index is 13.9. The number of rotatable bonds is 4. The maximum atomic E-state index is 13.9. The van der Waals surface area contributed by atoms with Crippen LogP contribution in [-0.2, 0) is 10.9 Å². The number of halogens is 4. The fraction of sp³-hybridized carbons (Fsp3) is 0.208. The first-order chi connectivity index (χ1) is 16.8. The Bertz CT molecular complexity index is 1380. The summed E-state index contributed by atoms with van der Waals surface area (Å²) in [5, 5.41) is 2.74. The number of alkyl halides is 3. The molecule has 2 aromatic heterocycles. The van der Waals surface area contributed by atoms with E-state index < -0.39 is 29.0 Å². The number of aromatic amines is 1. The molecule has 4 aromatic rings. The van der Waals surface area contributed by atoms with Crippen molar-refractivity contribution in [2.45, 2.75) is 6.18 Å². The molecule has 180 valence electrons. The minimum absolute atomic E-state index is 0.153. The average Bonchev–Trinajstić information content (AvgIpc) is 3.28. The highest BCUT2D eigenvalue weighted by Gasteiger charge is 2.35. The van der Waals surface area contributed by atoms with Gasteiger partial charge in [-0.1, -0.05) is 0 Å². The van der Waals surface area contributed by atoms with Crippen LogP contribution < -0.4 is 10.2 Å². The van der Waals surface area contributed by atoms with Gasteiger partial charge in [0.2, 0.25) is 0 Å². The van der Waals surface area contributed by atoms with E-state index in [9.17, 15) is 22.4 Å². The number of pyridine rings is 1. The Hall–Kier alpha value is -3.99. The van der Waals surface area contributed by atoms with Crippen LogP contribution in [0.2, 0.25) is 0 Å². The zero-order chi connectivity index (χ0) is 24.6. The molecule has 35 heavy (non-hydrogen) atoms. The largest absolute Gasteiger partial charge is 0.417 e. The third-order valence-electron chi connectivity index (χ3n) is 5.65. The molecular formula is C24H19F4N5O2. The topological polar surface area (TPSA) is 83.1 Å². The third-order valence-corrected chi connectivity index (χ3v) is 5.65. The van der Waals surface area contributed by atoms with Crippen LogP contribution in [0, 0.1) is 5.82 Å². The van der Waals surface area contributed by atoms with Gasteiger partial charge in [0.15, 0.2) is 0 Å². The highest BCUT2D eigenvalue weighted by atomic mass is 19.4. The second-order valence-corrected chi connectivity index (χ2v) is 7.96. The maximum Gasteiger partial charge on any atom is 0.417 e. The molecule has 0 saturated carbocycles. The normalized spacial score (nSPS) is 14.3. The Balaban J connectivity index is 1.65. The van der Waals surface area contributed by atoms with E-state index in [0.717, 1.165) is 12.1 Å². The van der Waals surface area contributed by atoms with E-state index in [2.05, 4.69) is 20.3 Å².